The van der Waals surface area contributed by atoms with Crippen molar-refractivity contribution in [2.45, 2.75) is 26.4 Å². The molecule has 0 spiro atoms. The zero-order valence-electron chi connectivity index (χ0n) is 6.62. The lowest BCUT2D eigenvalue weighted by molar-refractivity contribution is 0.0435. The molecule has 1 N–H and O–H groups in total. The van der Waals surface area contributed by atoms with E-state index in [4.69, 9.17) is 4.74 Å². The fourth-order valence-electron chi connectivity index (χ4n) is 0.421. The van der Waals surface area contributed by atoms with E-state index in [1.165, 1.54) is 0 Å². The summed E-state index contributed by atoms with van der Waals surface area (Å²) in [6, 6.07) is 0. The molecule has 2 heteroatoms. The summed E-state index contributed by atoms with van der Waals surface area (Å²) in [5.74, 6) is 0.613. The van der Waals surface area contributed by atoms with Gasteiger partial charge in [-0.2, -0.15) is 0 Å². The van der Waals surface area contributed by atoms with Crippen molar-refractivity contribution in [2.75, 3.05) is 7.05 Å². The van der Waals surface area contributed by atoms with Crippen LogP contribution >= 0.6 is 0 Å². The molecule has 0 aliphatic heterocycles. The molecular weight excluding hydrogens is 114 g/mol. The van der Waals surface area contributed by atoms with Gasteiger partial charge in [0, 0.05) is 7.05 Å². The van der Waals surface area contributed by atoms with Crippen LogP contribution in [0, 0.1) is 0 Å². The third-order valence-electron chi connectivity index (χ3n) is 0.708. The molecule has 9 heavy (non-hydrogen) atoms. The normalized spacial score (nSPS) is 10.7. The summed E-state index contributed by atoms with van der Waals surface area (Å²) in [6.07, 6.45) is 0. The fourth-order valence-corrected chi connectivity index (χ4v) is 0.421. The van der Waals surface area contributed by atoms with Crippen LogP contribution in [0.1, 0.15) is 20.8 Å². The average Bonchev–Trinajstić information content (AvgIpc) is 1.62. The van der Waals surface area contributed by atoms with Crippen LogP contribution in [0.3, 0.4) is 0 Å². The van der Waals surface area contributed by atoms with Gasteiger partial charge in [-0.05, 0) is 27.4 Å². The average molecular weight is 129 g/mol. The van der Waals surface area contributed by atoms with Crippen LogP contribution in [0.25, 0.3) is 0 Å². The molecule has 0 unspecified atom stereocenters. The minimum atomic E-state index is -0.139. The minimum Gasteiger partial charge on any atom is -0.474 e. The predicted octanol–water partition coefficient (Wildman–Crippen LogP) is 1.49. The molecule has 0 bridgehead atoms. The van der Waals surface area contributed by atoms with Crippen LogP contribution in [0.2, 0.25) is 0 Å². The third kappa shape index (κ3) is 5.21. The lowest BCUT2D eigenvalue weighted by Gasteiger charge is -2.21. The zero-order valence-corrected chi connectivity index (χ0v) is 6.62. The molecule has 0 saturated carbocycles. The van der Waals surface area contributed by atoms with Crippen molar-refractivity contribution in [3.05, 3.63) is 12.5 Å². The summed E-state index contributed by atoms with van der Waals surface area (Å²) < 4.78 is 5.28. The van der Waals surface area contributed by atoms with Crippen molar-refractivity contribution in [1.82, 2.24) is 5.32 Å². The van der Waals surface area contributed by atoms with Gasteiger partial charge in [0.25, 0.3) is 0 Å². The Bertz CT molecular complexity index is 102. The second-order valence-corrected chi connectivity index (χ2v) is 2.89. The molecule has 0 aromatic heterocycles. The van der Waals surface area contributed by atoms with Crippen LogP contribution in [0.4, 0.5) is 0 Å². The number of ether oxygens (including phenoxy) is 1. The molecule has 0 amide bonds. The highest BCUT2D eigenvalue weighted by Crippen LogP contribution is 2.09. The molecule has 0 fully saturated rings. The quantitative estimate of drug-likeness (QED) is 0.570. The molecule has 0 rings (SSSR count). The highest BCUT2D eigenvalue weighted by molar-refractivity contribution is 4.80. The Labute approximate surface area is 56.9 Å². The standard InChI is InChI=1S/C7H15NO/c1-6(8-5)9-7(2,3)4/h8H,1H2,2-5H3. The maximum Gasteiger partial charge on any atom is 0.179 e. The summed E-state index contributed by atoms with van der Waals surface area (Å²) in [6.45, 7) is 9.57. The largest absolute Gasteiger partial charge is 0.474 e. The first-order valence-electron chi connectivity index (χ1n) is 3.01. The van der Waals surface area contributed by atoms with E-state index >= 15 is 0 Å². The van der Waals surface area contributed by atoms with Crippen molar-refractivity contribution in [2.24, 2.45) is 0 Å². The van der Waals surface area contributed by atoms with E-state index in [-0.39, 0.29) is 5.60 Å². The Morgan fingerprint density at radius 1 is 1.44 bits per heavy atom. The molecule has 0 heterocycles. The number of hydrogen-bond donors (Lipinski definition) is 1. The van der Waals surface area contributed by atoms with Crippen LogP contribution < -0.4 is 5.32 Å². The van der Waals surface area contributed by atoms with Gasteiger partial charge in [-0.25, -0.2) is 0 Å². The van der Waals surface area contributed by atoms with Crippen molar-refractivity contribution in [3.63, 3.8) is 0 Å². The van der Waals surface area contributed by atoms with Gasteiger partial charge in [0.05, 0.1) is 0 Å². The monoisotopic (exact) mass is 129 g/mol. The molecule has 0 aliphatic rings. The van der Waals surface area contributed by atoms with Gasteiger partial charge in [-0.15, -0.1) is 0 Å². The number of nitrogens with one attached hydrogen (secondary N) is 1. The Morgan fingerprint density at radius 3 is 2.00 bits per heavy atom. The van der Waals surface area contributed by atoms with Crippen LogP contribution in [-0.4, -0.2) is 12.6 Å². The summed E-state index contributed by atoms with van der Waals surface area (Å²) in [7, 11) is 1.79. The SMILES string of the molecule is C=C(NC)OC(C)(C)C. The minimum absolute atomic E-state index is 0.139. The second kappa shape index (κ2) is 2.76. The number of rotatable bonds is 2. The highest BCUT2D eigenvalue weighted by atomic mass is 16.5. The molecule has 0 radical (unpaired) electrons. The summed E-state index contributed by atoms with van der Waals surface area (Å²) in [5, 5.41) is 2.80. The van der Waals surface area contributed by atoms with E-state index in [0.29, 0.717) is 5.88 Å². The van der Waals surface area contributed by atoms with E-state index in [0.717, 1.165) is 0 Å². The van der Waals surface area contributed by atoms with Crippen LogP contribution in [0.15, 0.2) is 12.5 Å². The number of hydrogen-bond acceptors (Lipinski definition) is 2. The van der Waals surface area contributed by atoms with Gasteiger partial charge in [0.1, 0.15) is 5.60 Å². The Morgan fingerprint density at radius 2 is 1.89 bits per heavy atom. The third-order valence-corrected chi connectivity index (χ3v) is 0.708. The highest BCUT2D eigenvalue weighted by Gasteiger charge is 2.10. The first-order valence-corrected chi connectivity index (χ1v) is 3.01. The first-order chi connectivity index (χ1) is 3.95. The molecule has 0 aromatic carbocycles. The van der Waals surface area contributed by atoms with Crippen LogP contribution in [0.5, 0.6) is 0 Å². The van der Waals surface area contributed by atoms with E-state index in [9.17, 15) is 0 Å². The van der Waals surface area contributed by atoms with E-state index in [1.54, 1.807) is 7.05 Å². The molecule has 2 nitrogen and oxygen atoms in total. The molecule has 0 atom stereocenters. The van der Waals surface area contributed by atoms with Crippen molar-refractivity contribution in [3.8, 4) is 0 Å². The molecule has 0 aromatic rings. The van der Waals surface area contributed by atoms with Gasteiger partial charge in [0.2, 0.25) is 0 Å². The Balaban J connectivity index is 3.60. The van der Waals surface area contributed by atoms with Gasteiger partial charge >= 0.3 is 0 Å². The first kappa shape index (κ1) is 8.34. The predicted molar refractivity (Wildman–Crippen MR) is 39.0 cm³/mol. The van der Waals surface area contributed by atoms with E-state index < -0.39 is 0 Å². The van der Waals surface area contributed by atoms with E-state index in [2.05, 4.69) is 11.9 Å². The zero-order chi connectivity index (χ0) is 7.49. The van der Waals surface area contributed by atoms with Crippen molar-refractivity contribution >= 4 is 0 Å². The molecule has 54 valence electrons. The maximum absolute atomic E-state index is 5.28. The topological polar surface area (TPSA) is 21.3 Å². The fraction of sp³-hybridized carbons (Fsp3) is 0.714. The van der Waals surface area contributed by atoms with Crippen molar-refractivity contribution in [1.29, 1.82) is 0 Å². The lowest BCUT2D eigenvalue weighted by atomic mass is 10.2. The molecule has 0 saturated heterocycles. The lowest BCUT2D eigenvalue weighted by Crippen LogP contribution is -2.23. The summed E-state index contributed by atoms with van der Waals surface area (Å²) in [5.41, 5.74) is -0.139. The van der Waals surface area contributed by atoms with Crippen molar-refractivity contribution < 1.29 is 4.74 Å². The second-order valence-electron chi connectivity index (χ2n) is 2.89. The van der Waals surface area contributed by atoms with Gasteiger partial charge in [0.15, 0.2) is 5.88 Å². The Kier molecular flexibility index (Phi) is 2.56. The van der Waals surface area contributed by atoms with Gasteiger partial charge in [-0.3, -0.25) is 0 Å². The molecule has 0 aliphatic carbocycles. The van der Waals surface area contributed by atoms with Crippen LogP contribution in [-0.2, 0) is 4.74 Å². The van der Waals surface area contributed by atoms with Gasteiger partial charge < -0.3 is 10.1 Å². The summed E-state index contributed by atoms with van der Waals surface area (Å²) in [4.78, 5) is 0. The maximum atomic E-state index is 5.28. The van der Waals surface area contributed by atoms with E-state index in [1.807, 2.05) is 20.8 Å². The summed E-state index contributed by atoms with van der Waals surface area (Å²) >= 11 is 0. The Hall–Kier alpha value is -0.660. The smallest absolute Gasteiger partial charge is 0.179 e. The van der Waals surface area contributed by atoms with Gasteiger partial charge in [-0.1, -0.05) is 0 Å². The molecular formula is C7H15NO.